The number of carbonyl (C=O) groups excluding carboxylic acids is 1. The van der Waals surface area contributed by atoms with Crippen LogP contribution in [0.1, 0.15) is 49.7 Å². The van der Waals surface area contributed by atoms with Gasteiger partial charge in [0.1, 0.15) is 5.75 Å². The Morgan fingerprint density at radius 2 is 1.81 bits per heavy atom. The lowest BCUT2D eigenvalue weighted by molar-refractivity contribution is -0.134. The number of likely N-dealkylation sites (N-methyl/N-ethyl adjacent to an activating group) is 1. The Kier molecular flexibility index (Phi) is 5.66. The minimum atomic E-state index is 0.0835. The molecule has 3 heteroatoms. The Morgan fingerprint density at radius 1 is 1.14 bits per heavy atom. The van der Waals surface area contributed by atoms with Gasteiger partial charge in [0.2, 0.25) is 0 Å². The number of hydrogen-bond donors (Lipinski definition) is 0. The van der Waals surface area contributed by atoms with E-state index in [-0.39, 0.29) is 12.5 Å². The Morgan fingerprint density at radius 3 is 2.43 bits per heavy atom. The maximum absolute atomic E-state index is 12.3. The number of ether oxygens (including phenoxy) is 1. The average molecular weight is 289 g/mol. The highest BCUT2D eigenvalue weighted by atomic mass is 16.5. The van der Waals surface area contributed by atoms with Gasteiger partial charge in [-0.05, 0) is 49.9 Å². The first-order valence-electron chi connectivity index (χ1n) is 8.03. The molecule has 2 rings (SSSR count). The molecule has 1 aromatic rings. The highest BCUT2D eigenvalue weighted by molar-refractivity contribution is 5.77. The zero-order chi connectivity index (χ0) is 15.2. The van der Waals surface area contributed by atoms with Gasteiger partial charge in [0, 0.05) is 13.1 Å². The van der Waals surface area contributed by atoms with E-state index in [1.54, 1.807) is 0 Å². The molecule has 0 aromatic heterocycles. The number of hydrogen-bond acceptors (Lipinski definition) is 2. The van der Waals surface area contributed by atoms with Gasteiger partial charge in [-0.2, -0.15) is 0 Å². The van der Waals surface area contributed by atoms with Gasteiger partial charge < -0.3 is 9.64 Å². The van der Waals surface area contributed by atoms with Gasteiger partial charge in [0.25, 0.3) is 5.91 Å². The molecule has 21 heavy (non-hydrogen) atoms. The SMILES string of the molecule is Cc1ccc(OCC(=O)N(C)C2CCCCCC2)cc1C. The summed E-state index contributed by atoms with van der Waals surface area (Å²) in [6.07, 6.45) is 7.34. The fraction of sp³-hybridized carbons (Fsp3) is 0.611. The Bertz CT molecular complexity index is 476. The zero-order valence-corrected chi connectivity index (χ0v) is 13.5. The van der Waals surface area contributed by atoms with Gasteiger partial charge in [-0.1, -0.05) is 31.7 Å². The molecule has 3 nitrogen and oxygen atoms in total. The molecule has 0 atom stereocenters. The van der Waals surface area contributed by atoms with Gasteiger partial charge in [0.05, 0.1) is 0 Å². The second kappa shape index (κ2) is 7.48. The molecule has 0 N–H and O–H groups in total. The van der Waals surface area contributed by atoms with Crippen LogP contribution in [0, 0.1) is 13.8 Å². The largest absolute Gasteiger partial charge is 0.484 e. The third-order valence-corrected chi connectivity index (χ3v) is 4.61. The molecule has 1 saturated carbocycles. The van der Waals surface area contributed by atoms with Gasteiger partial charge in [0.15, 0.2) is 6.61 Å². The topological polar surface area (TPSA) is 29.5 Å². The van der Waals surface area contributed by atoms with E-state index < -0.39 is 0 Å². The maximum Gasteiger partial charge on any atom is 0.260 e. The van der Waals surface area contributed by atoms with Crippen molar-refractivity contribution in [2.75, 3.05) is 13.7 Å². The molecule has 0 heterocycles. The predicted octanol–water partition coefficient (Wildman–Crippen LogP) is 3.86. The molecule has 1 amide bonds. The lowest BCUT2D eigenvalue weighted by Crippen LogP contribution is -2.39. The van der Waals surface area contributed by atoms with Crippen LogP contribution in [0.4, 0.5) is 0 Å². The summed E-state index contributed by atoms with van der Waals surface area (Å²) in [5, 5.41) is 0. The first kappa shape index (κ1) is 15.9. The van der Waals surface area contributed by atoms with Crippen LogP contribution in [0.25, 0.3) is 0 Å². The number of nitrogens with zero attached hydrogens (tertiary/aromatic N) is 1. The van der Waals surface area contributed by atoms with Crippen LogP contribution < -0.4 is 4.74 Å². The van der Waals surface area contributed by atoms with Crippen molar-refractivity contribution in [2.24, 2.45) is 0 Å². The van der Waals surface area contributed by atoms with Gasteiger partial charge in [-0.25, -0.2) is 0 Å². The summed E-state index contributed by atoms with van der Waals surface area (Å²) in [5.41, 5.74) is 2.43. The summed E-state index contributed by atoms with van der Waals surface area (Å²) in [6.45, 7) is 4.27. The molecule has 1 aromatic carbocycles. The Hall–Kier alpha value is -1.51. The molecule has 1 fully saturated rings. The van der Waals surface area contributed by atoms with Crippen molar-refractivity contribution in [3.8, 4) is 5.75 Å². The second-order valence-electron chi connectivity index (χ2n) is 6.18. The fourth-order valence-corrected chi connectivity index (χ4v) is 2.90. The fourth-order valence-electron chi connectivity index (χ4n) is 2.90. The van der Waals surface area contributed by atoms with Crippen molar-refractivity contribution in [3.63, 3.8) is 0 Å². The molecule has 0 saturated heterocycles. The highest BCUT2D eigenvalue weighted by Gasteiger charge is 2.21. The zero-order valence-electron chi connectivity index (χ0n) is 13.5. The highest BCUT2D eigenvalue weighted by Crippen LogP contribution is 2.21. The van der Waals surface area contributed by atoms with Crippen molar-refractivity contribution >= 4 is 5.91 Å². The summed E-state index contributed by atoms with van der Waals surface area (Å²) in [4.78, 5) is 14.2. The molecular weight excluding hydrogens is 262 g/mol. The van der Waals surface area contributed by atoms with E-state index >= 15 is 0 Å². The summed E-state index contributed by atoms with van der Waals surface area (Å²) in [6, 6.07) is 6.35. The van der Waals surface area contributed by atoms with Crippen LogP contribution in [-0.4, -0.2) is 30.5 Å². The van der Waals surface area contributed by atoms with Gasteiger partial charge >= 0.3 is 0 Å². The second-order valence-corrected chi connectivity index (χ2v) is 6.18. The van der Waals surface area contributed by atoms with Gasteiger partial charge in [-0.15, -0.1) is 0 Å². The van der Waals surface area contributed by atoms with Crippen LogP contribution in [0.5, 0.6) is 5.75 Å². The van der Waals surface area contributed by atoms with Crippen LogP contribution in [-0.2, 0) is 4.79 Å². The van der Waals surface area contributed by atoms with E-state index in [9.17, 15) is 4.79 Å². The molecule has 0 spiro atoms. The molecule has 0 radical (unpaired) electrons. The Labute approximate surface area is 128 Å². The van der Waals surface area contributed by atoms with Crippen LogP contribution >= 0.6 is 0 Å². The summed E-state index contributed by atoms with van der Waals surface area (Å²) in [5.74, 6) is 0.862. The number of rotatable bonds is 4. The molecular formula is C18H27NO2. The normalized spacial score (nSPS) is 16.3. The first-order valence-corrected chi connectivity index (χ1v) is 8.03. The summed E-state index contributed by atoms with van der Waals surface area (Å²) in [7, 11) is 1.92. The van der Waals surface area contributed by atoms with Crippen molar-refractivity contribution in [2.45, 2.75) is 58.4 Å². The third-order valence-electron chi connectivity index (χ3n) is 4.61. The quantitative estimate of drug-likeness (QED) is 0.788. The maximum atomic E-state index is 12.3. The van der Waals surface area contributed by atoms with Crippen molar-refractivity contribution in [1.82, 2.24) is 4.90 Å². The smallest absolute Gasteiger partial charge is 0.260 e. The van der Waals surface area contributed by atoms with E-state index in [0.717, 1.165) is 18.6 Å². The number of carbonyl (C=O) groups is 1. The number of amides is 1. The molecule has 0 unspecified atom stereocenters. The van der Waals surface area contributed by atoms with E-state index in [4.69, 9.17) is 4.74 Å². The number of benzene rings is 1. The van der Waals surface area contributed by atoms with Gasteiger partial charge in [-0.3, -0.25) is 4.79 Å². The monoisotopic (exact) mass is 289 g/mol. The number of aryl methyl sites for hydroxylation is 2. The lowest BCUT2D eigenvalue weighted by atomic mass is 10.1. The van der Waals surface area contributed by atoms with E-state index in [0.29, 0.717) is 6.04 Å². The van der Waals surface area contributed by atoms with E-state index in [1.807, 2.05) is 30.1 Å². The van der Waals surface area contributed by atoms with E-state index in [2.05, 4.69) is 13.8 Å². The molecule has 116 valence electrons. The van der Waals surface area contributed by atoms with Crippen molar-refractivity contribution in [3.05, 3.63) is 29.3 Å². The standard InChI is InChI=1S/C18H27NO2/c1-14-10-11-17(12-15(14)2)21-13-18(20)19(3)16-8-6-4-5-7-9-16/h10-12,16H,4-9,13H2,1-3H3. The summed E-state index contributed by atoms with van der Waals surface area (Å²) < 4.78 is 5.66. The predicted molar refractivity (Wildman–Crippen MR) is 85.7 cm³/mol. The first-order chi connectivity index (χ1) is 10.1. The average Bonchev–Trinajstić information content (AvgIpc) is 2.76. The van der Waals surface area contributed by atoms with Crippen molar-refractivity contribution in [1.29, 1.82) is 0 Å². The lowest BCUT2D eigenvalue weighted by Gasteiger charge is -2.27. The molecule has 0 bridgehead atoms. The minimum absolute atomic E-state index is 0.0835. The molecule has 1 aliphatic carbocycles. The van der Waals surface area contributed by atoms with Crippen LogP contribution in [0.2, 0.25) is 0 Å². The third kappa shape index (κ3) is 4.48. The Balaban J connectivity index is 1.86. The van der Waals surface area contributed by atoms with E-state index in [1.165, 1.54) is 36.8 Å². The minimum Gasteiger partial charge on any atom is -0.484 e. The molecule has 0 aliphatic heterocycles. The van der Waals surface area contributed by atoms with Crippen LogP contribution in [0.15, 0.2) is 18.2 Å². The van der Waals surface area contributed by atoms with Crippen LogP contribution in [0.3, 0.4) is 0 Å². The van der Waals surface area contributed by atoms with Crippen molar-refractivity contribution < 1.29 is 9.53 Å². The summed E-state index contributed by atoms with van der Waals surface area (Å²) >= 11 is 0. The molecule has 1 aliphatic rings.